The summed E-state index contributed by atoms with van der Waals surface area (Å²) >= 11 is 1.48. The average Bonchev–Trinajstić information content (AvgIpc) is 3.10. The van der Waals surface area contributed by atoms with Crippen molar-refractivity contribution < 1.29 is 19.2 Å². The maximum Gasteiger partial charge on any atom is 0.410 e. The number of non-ortho nitro benzene ring substituents is 1. The number of nitrogens with one attached hydrogen (secondary N) is 2. The van der Waals surface area contributed by atoms with Crippen molar-refractivity contribution in [3.05, 3.63) is 62.0 Å². The number of hydrogen-bond donors (Lipinski definition) is 2. The van der Waals surface area contributed by atoms with Gasteiger partial charge < -0.3 is 20.3 Å². The molecule has 0 spiro atoms. The summed E-state index contributed by atoms with van der Waals surface area (Å²) in [6.45, 7) is 3.06. The number of nitro groups is 1. The number of hydrogen-bond acceptors (Lipinski definition) is 7. The molecule has 0 saturated carbocycles. The summed E-state index contributed by atoms with van der Waals surface area (Å²) in [5.74, 6) is -0.149. The van der Waals surface area contributed by atoms with Crippen molar-refractivity contribution >= 4 is 40.1 Å². The van der Waals surface area contributed by atoms with Gasteiger partial charge in [-0.05, 0) is 42.7 Å². The quantitative estimate of drug-likeness (QED) is 0.570. The zero-order valence-electron chi connectivity index (χ0n) is 16.2. The molecule has 3 heterocycles. The molecular weight excluding hydrogens is 408 g/mol. The molecule has 2 aromatic rings. The highest BCUT2D eigenvalue weighted by atomic mass is 32.1. The average molecular weight is 428 g/mol. The van der Waals surface area contributed by atoms with E-state index >= 15 is 0 Å². The van der Waals surface area contributed by atoms with Crippen LogP contribution in [0.5, 0.6) is 0 Å². The van der Waals surface area contributed by atoms with Gasteiger partial charge in [0.05, 0.1) is 23.6 Å². The zero-order chi connectivity index (χ0) is 21.3. The summed E-state index contributed by atoms with van der Waals surface area (Å²) in [6, 6.07) is 6.18. The van der Waals surface area contributed by atoms with Gasteiger partial charge in [0.15, 0.2) is 0 Å². The van der Waals surface area contributed by atoms with E-state index in [1.807, 2.05) is 0 Å². The number of nitrogens with zero attached hydrogens (tertiary/aromatic N) is 2. The number of fused-ring (bicyclic) bond motifs is 3. The third kappa shape index (κ3) is 3.86. The van der Waals surface area contributed by atoms with E-state index in [1.54, 1.807) is 36.1 Å². The molecule has 2 N–H and O–H groups in total. The number of carbonyl (C=O) groups is 2. The van der Waals surface area contributed by atoms with Gasteiger partial charge in [-0.1, -0.05) is 6.08 Å². The van der Waals surface area contributed by atoms with Crippen LogP contribution in [0.1, 0.15) is 33.3 Å². The minimum atomic E-state index is -0.445. The number of amides is 2. The maximum atomic E-state index is 12.7. The van der Waals surface area contributed by atoms with E-state index in [9.17, 15) is 19.7 Å². The molecule has 9 nitrogen and oxygen atoms in total. The molecule has 30 heavy (non-hydrogen) atoms. The Bertz CT molecular complexity index is 1030. The zero-order valence-corrected chi connectivity index (χ0v) is 17.0. The van der Waals surface area contributed by atoms with Gasteiger partial charge >= 0.3 is 6.09 Å². The van der Waals surface area contributed by atoms with E-state index in [1.165, 1.54) is 23.5 Å². The molecule has 2 amide bonds. The Kier molecular flexibility index (Phi) is 5.40. The molecule has 2 aliphatic heterocycles. The Morgan fingerprint density at radius 3 is 2.83 bits per heavy atom. The molecule has 1 aromatic heterocycles. The van der Waals surface area contributed by atoms with Crippen molar-refractivity contribution in [3.8, 4) is 0 Å². The molecular formula is C20H20N4O5S. The summed E-state index contributed by atoms with van der Waals surface area (Å²) in [5, 5.41) is 17.8. The highest BCUT2D eigenvalue weighted by Crippen LogP contribution is 2.39. The van der Waals surface area contributed by atoms with Gasteiger partial charge in [0.1, 0.15) is 11.2 Å². The Morgan fingerprint density at radius 2 is 2.13 bits per heavy atom. The predicted molar refractivity (Wildman–Crippen MR) is 112 cm³/mol. The SMILES string of the molecule is CCOC(=O)N1CCc2c(sc3c2C(=O)NC(/C=C\c2ccc([N+](=O)[O-])cc2)N3)C1. The fourth-order valence-corrected chi connectivity index (χ4v) is 4.82. The lowest BCUT2D eigenvalue weighted by Gasteiger charge is -2.27. The Hall–Kier alpha value is -3.40. The van der Waals surface area contributed by atoms with Gasteiger partial charge in [0, 0.05) is 23.6 Å². The molecule has 1 atom stereocenters. The fraction of sp³-hybridized carbons (Fsp3) is 0.300. The van der Waals surface area contributed by atoms with Gasteiger partial charge in [0.25, 0.3) is 11.6 Å². The van der Waals surface area contributed by atoms with Crippen LogP contribution in [0, 0.1) is 10.1 Å². The van der Waals surface area contributed by atoms with Crippen LogP contribution in [-0.4, -0.2) is 41.1 Å². The van der Waals surface area contributed by atoms with Gasteiger partial charge in [-0.15, -0.1) is 11.3 Å². The Morgan fingerprint density at radius 1 is 1.37 bits per heavy atom. The Labute approximate surface area is 176 Å². The summed E-state index contributed by atoms with van der Waals surface area (Å²) in [6.07, 6.45) is 3.46. The number of carbonyl (C=O) groups excluding carboxylic acids is 2. The number of rotatable bonds is 4. The van der Waals surface area contributed by atoms with Gasteiger partial charge in [-0.3, -0.25) is 14.9 Å². The van der Waals surface area contributed by atoms with Crippen molar-refractivity contribution in [3.63, 3.8) is 0 Å². The molecule has 1 aromatic carbocycles. The summed E-state index contributed by atoms with van der Waals surface area (Å²) < 4.78 is 5.08. The second-order valence-corrected chi connectivity index (χ2v) is 7.99. The minimum absolute atomic E-state index is 0.0296. The van der Waals surface area contributed by atoms with Crippen molar-refractivity contribution in [2.45, 2.75) is 26.1 Å². The van der Waals surface area contributed by atoms with E-state index in [-0.39, 0.29) is 17.7 Å². The van der Waals surface area contributed by atoms with Gasteiger partial charge in [-0.2, -0.15) is 0 Å². The van der Waals surface area contributed by atoms with Crippen LogP contribution in [0.2, 0.25) is 0 Å². The first kappa shape index (κ1) is 19.9. The molecule has 0 bridgehead atoms. The van der Waals surface area contributed by atoms with Crippen molar-refractivity contribution in [2.75, 3.05) is 18.5 Å². The van der Waals surface area contributed by atoms with Gasteiger partial charge in [0.2, 0.25) is 0 Å². The topological polar surface area (TPSA) is 114 Å². The minimum Gasteiger partial charge on any atom is -0.450 e. The summed E-state index contributed by atoms with van der Waals surface area (Å²) in [4.78, 5) is 37.7. The van der Waals surface area contributed by atoms with Crippen molar-refractivity contribution in [1.29, 1.82) is 0 Å². The lowest BCUT2D eigenvalue weighted by atomic mass is 10.0. The summed E-state index contributed by atoms with van der Waals surface area (Å²) in [5.41, 5.74) is 2.46. The number of thiophene rings is 1. The molecule has 0 aliphatic carbocycles. The van der Waals surface area contributed by atoms with Crippen LogP contribution in [0.15, 0.2) is 30.3 Å². The van der Waals surface area contributed by atoms with Crippen LogP contribution in [-0.2, 0) is 17.7 Å². The second-order valence-electron chi connectivity index (χ2n) is 6.88. The monoisotopic (exact) mass is 428 g/mol. The number of benzene rings is 1. The van der Waals surface area contributed by atoms with Crippen LogP contribution in [0.3, 0.4) is 0 Å². The third-order valence-electron chi connectivity index (χ3n) is 4.97. The van der Waals surface area contributed by atoms with E-state index in [2.05, 4.69) is 10.6 Å². The van der Waals surface area contributed by atoms with Crippen LogP contribution in [0.4, 0.5) is 15.5 Å². The van der Waals surface area contributed by atoms with Crippen LogP contribution < -0.4 is 10.6 Å². The largest absolute Gasteiger partial charge is 0.450 e. The molecule has 10 heteroatoms. The number of nitro benzene ring substituents is 1. The van der Waals surface area contributed by atoms with E-state index in [4.69, 9.17) is 4.74 Å². The Balaban J connectivity index is 1.48. The second kappa shape index (κ2) is 8.15. The maximum absolute atomic E-state index is 12.7. The smallest absolute Gasteiger partial charge is 0.410 e. The van der Waals surface area contributed by atoms with E-state index in [0.29, 0.717) is 31.7 Å². The lowest BCUT2D eigenvalue weighted by Crippen LogP contribution is -2.43. The number of ether oxygens (including phenoxy) is 1. The van der Waals surface area contributed by atoms with E-state index in [0.717, 1.165) is 21.0 Å². The first-order valence-corrected chi connectivity index (χ1v) is 10.3. The van der Waals surface area contributed by atoms with Crippen LogP contribution >= 0.6 is 11.3 Å². The highest BCUT2D eigenvalue weighted by molar-refractivity contribution is 7.16. The van der Waals surface area contributed by atoms with Crippen LogP contribution in [0.25, 0.3) is 6.08 Å². The molecule has 1 unspecified atom stereocenters. The molecule has 0 radical (unpaired) electrons. The number of anilines is 1. The lowest BCUT2D eigenvalue weighted by molar-refractivity contribution is -0.384. The standard InChI is InChI=1S/C20H20N4O5S/c1-2-29-20(26)23-10-9-14-15(11-23)30-19-17(14)18(25)21-16(22-19)8-5-12-3-6-13(7-4-12)24(27)28/h3-8,16,22H,2,9-11H2,1H3,(H,21,25)/b8-5-. The molecule has 0 fully saturated rings. The van der Waals surface area contributed by atoms with E-state index < -0.39 is 11.1 Å². The molecule has 2 aliphatic rings. The normalized spacial score (nSPS) is 17.7. The first-order valence-electron chi connectivity index (χ1n) is 9.52. The molecule has 156 valence electrons. The molecule has 0 saturated heterocycles. The third-order valence-corrected chi connectivity index (χ3v) is 6.12. The highest BCUT2D eigenvalue weighted by Gasteiger charge is 2.33. The first-order chi connectivity index (χ1) is 14.5. The van der Waals surface area contributed by atoms with Gasteiger partial charge in [-0.25, -0.2) is 4.79 Å². The van der Waals surface area contributed by atoms with Crippen molar-refractivity contribution in [1.82, 2.24) is 10.2 Å². The molecule has 4 rings (SSSR count). The summed E-state index contributed by atoms with van der Waals surface area (Å²) in [7, 11) is 0. The van der Waals surface area contributed by atoms with Crippen molar-refractivity contribution in [2.24, 2.45) is 0 Å². The predicted octanol–water partition coefficient (Wildman–Crippen LogP) is 3.37. The fourth-order valence-electron chi connectivity index (χ4n) is 3.52.